The smallest absolute Gasteiger partial charge is 0.413 e. The number of hydrogen-bond acceptors (Lipinski definition) is 8. The molecule has 0 spiro atoms. The standard InChI is InChI=1S/C21H35N5O5Si/c1-20(2,3)30-19(28)25-17-16-18(23-11-22-17)26(12-24-16)15-9-13(14(10-27)29-15)31-32(7,8)21(4,5)6/h11-15,27H,9-10H2,1-8H3,(H,22,23,25,28)/t13-,14+,15+/m0/s1. The number of aliphatic hydroxyl groups excluding tert-OH is 1. The first-order valence-corrected chi connectivity index (χ1v) is 13.7. The molecule has 1 aliphatic heterocycles. The predicted molar refractivity (Wildman–Crippen MR) is 123 cm³/mol. The maximum Gasteiger partial charge on any atom is 0.413 e. The van der Waals surface area contributed by atoms with E-state index in [-0.39, 0.29) is 23.6 Å². The molecular formula is C21H35N5O5Si. The minimum atomic E-state index is -2.05. The lowest BCUT2D eigenvalue weighted by atomic mass is 10.2. The van der Waals surface area contributed by atoms with E-state index in [1.54, 1.807) is 31.7 Å². The van der Waals surface area contributed by atoms with E-state index in [1.165, 1.54) is 6.33 Å². The molecule has 1 amide bonds. The molecule has 0 bridgehead atoms. The highest BCUT2D eigenvalue weighted by Gasteiger charge is 2.45. The van der Waals surface area contributed by atoms with Crippen molar-refractivity contribution in [2.24, 2.45) is 0 Å². The Bertz CT molecular complexity index is 966. The maximum atomic E-state index is 12.2. The van der Waals surface area contributed by atoms with Crippen molar-refractivity contribution in [3.05, 3.63) is 12.7 Å². The van der Waals surface area contributed by atoms with E-state index in [4.69, 9.17) is 13.9 Å². The lowest BCUT2D eigenvalue weighted by Crippen LogP contribution is -2.46. The van der Waals surface area contributed by atoms with Gasteiger partial charge in [0.05, 0.1) is 19.0 Å². The number of hydrogen-bond donors (Lipinski definition) is 2. The first-order valence-electron chi connectivity index (χ1n) is 10.8. The monoisotopic (exact) mass is 465 g/mol. The van der Waals surface area contributed by atoms with E-state index in [9.17, 15) is 9.90 Å². The molecule has 0 unspecified atom stereocenters. The second-order valence-corrected chi connectivity index (χ2v) is 15.4. The van der Waals surface area contributed by atoms with Crippen LogP contribution in [0.5, 0.6) is 0 Å². The van der Waals surface area contributed by atoms with E-state index in [2.05, 4.69) is 54.1 Å². The van der Waals surface area contributed by atoms with E-state index in [0.717, 1.165) is 0 Å². The van der Waals surface area contributed by atoms with Gasteiger partial charge in [0, 0.05) is 6.42 Å². The summed E-state index contributed by atoms with van der Waals surface area (Å²) in [5.74, 6) is 0.258. The summed E-state index contributed by atoms with van der Waals surface area (Å²) in [5.41, 5.74) is 0.308. The molecule has 3 heterocycles. The van der Waals surface area contributed by atoms with Crippen molar-refractivity contribution in [3.63, 3.8) is 0 Å². The summed E-state index contributed by atoms with van der Waals surface area (Å²) in [6, 6.07) is 0. The third kappa shape index (κ3) is 5.28. The van der Waals surface area contributed by atoms with E-state index >= 15 is 0 Å². The molecule has 0 saturated carbocycles. The summed E-state index contributed by atoms with van der Waals surface area (Å²) >= 11 is 0. The first kappa shape index (κ1) is 24.6. The van der Waals surface area contributed by atoms with Crippen molar-refractivity contribution in [3.8, 4) is 0 Å². The van der Waals surface area contributed by atoms with Gasteiger partial charge in [0.2, 0.25) is 0 Å². The molecule has 11 heteroatoms. The fourth-order valence-corrected chi connectivity index (χ4v) is 4.63. The topological polar surface area (TPSA) is 121 Å². The third-order valence-corrected chi connectivity index (χ3v) is 10.4. The number of amides is 1. The molecule has 10 nitrogen and oxygen atoms in total. The minimum absolute atomic E-state index is 0.0439. The number of carbonyl (C=O) groups is 1. The van der Waals surface area contributed by atoms with Crippen LogP contribution in [0.4, 0.5) is 10.6 Å². The van der Waals surface area contributed by atoms with Crippen LogP contribution in [0, 0.1) is 0 Å². The molecule has 3 atom stereocenters. The lowest BCUT2D eigenvalue weighted by Gasteiger charge is -2.39. The number of aromatic nitrogens is 4. The Morgan fingerprint density at radius 1 is 1.25 bits per heavy atom. The van der Waals surface area contributed by atoms with Crippen LogP contribution in [0.1, 0.15) is 54.2 Å². The van der Waals surface area contributed by atoms with Gasteiger partial charge in [-0.15, -0.1) is 0 Å². The molecule has 1 fully saturated rings. The van der Waals surface area contributed by atoms with E-state index in [0.29, 0.717) is 17.6 Å². The van der Waals surface area contributed by atoms with Crippen LogP contribution in [0.2, 0.25) is 18.1 Å². The Hall–Kier alpha value is -2.08. The maximum absolute atomic E-state index is 12.2. The number of anilines is 1. The largest absolute Gasteiger partial charge is 0.444 e. The van der Waals surface area contributed by atoms with Gasteiger partial charge in [-0.1, -0.05) is 20.8 Å². The number of nitrogens with zero attached hydrogens (tertiary/aromatic N) is 4. The van der Waals surface area contributed by atoms with Crippen LogP contribution in [0.25, 0.3) is 11.2 Å². The highest BCUT2D eigenvalue weighted by atomic mass is 28.4. The predicted octanol–water partition coefficient (Wildman–Crippen LogP) is 3.84. The van der Waals surface area contributed by atoms with Gasteiger partial charge in [-0.05, 0) is 38.9 Å². The number of imidazole rings is 1. The third-order valence-electron chi connectivity index (χ3n) is 5.90. The number of nitrogens with one attached hydrogen (secondary N) is 1. The van der Waals surface area contributed by atoms with Gasteiger partial charge in [-0.25, -0.2) is 19.7 Å². The number of rotatable bonds is 5. The Kier molecular flexibility index (Phi) is 6.67. The van der Waals surface area contributed by atoms with Crippen molar-refractivity contribution in [1.29, 1.82) is 0 Å². The summed E-state index contributed by atoms with van der Waals surface area (Å²) in [4.78, 5) is 25.1. The second-order valence-electron chi connectivity index (χ2n) is 10.6. The summed E-state index contributed by atoms with van der Waals surface area (Å²) in [6.07, 6.45) is 1.82. The fourth-order valence-electron chi connectivity index (χ4n) is 3.27. The summed E-state index contributed by atoms with van der Waals surface area (Å²) in [7, 11) is -2.05. The molecule has 0 aromatic carbocycles. The highest BCUT2D eigenvalue weighted by Crippen LogP contribution is 2.41. The molecule has 2 aromatic heterocycles. The van der Waals surface area contributed by atoms with Gasteiger partial charge in [-0.2, -0.15) is 0 Å². The molecule has 0 radical (unpaired) electrons. The number of carbonyl (C=O) groups excluding carboxylic acids is 1. The molecule has 2 aromatic rings. The lowest BCUT2D eigenvalue weighted by molar-refractivity contribution is -0.0410. The Labute approximate surface area is 189 Å². The van der Waals surface area contributed by atoms with Gasteiger partial charge < -0.3 is 19.0 Å². The van der Waals surface area contributed by atoms with Crippen LogP contribution in [0.15, 0.2) is 12.7 Å². The van der Waals surface area contributed by atoms with Gasteiger partial charge in [-0.3, -0.25) is 9.88 Å². The van der Waals surface area contributed by atoms with Crippen LogP contribution in [-0.4, -0.2) is 63.5 Å². The van der Waals surface area contributed by atoms with Gasteiger partial charge in [0.1, 0.15) is 24.3 Å². The van der Waals surface area contributed by atoms with Crippen molar-refractivity contribution in [2.45, 2.75) is 90.1 Å². The quantitative estimate of drug-likeness (QED) is 0.639. The van der Waals surface area contributed by atoms with Crippen molar-refractivity contribution >= 4 is 31.4 Å². The first-order chi connectivity index (χ1) is 14.7. The van der Waals surface area contributed by atoms with E-state index in [1.807, 2.05) is 0 Å². The van der Waals surface area contributed by atoms with Crippen molar-refractivity contribution in [1.82, 2.24) is 19.5 Å². The zero-order chi connectivity index (χ0) is 23.9. The van der Waals surface area contributed by atoms with Crippen LogP contribution in [0.3, 0.4) is 0 Å². The summed E-state index contributed by atoms with van der Waals surface area (Å²) in [5, 5.41) is 12.6. The average Bonchev–Trinajstić information content (AvgIpc) is 3.23. The normalized spacial score (nSPS) is 22.3. The van der Waals surface area contributed by atoms with Gasteiger partial charge >= 0.3 is 6.09 Å². The number of ether oxygens (including phenoxy) is 2. The fraction of sp³-hybridized carbons (Fsp3) is 0.714. The highest BCUT2D eigenvalue weighted by molar-refractivity contribution is 6.74. The van der Waals surface area contributed by atoms with Gasteiger partial charge in [0.25, 0.3) is 0 Å². The Balaban J connectivity index is 1.82. The molecule has 3 rings (SSSR count). The molecule has 178 valence electrons. The number of fused-ring (bicyclic) bond motifs is 1. The zero-order valence-electron chi connectivity index (χ0n) is 20.2. The molecule has 32 heavy (non-hydrogen) atoms. The Morgan fingerprint density at radius 3 is 2.53 bits per heavy atom. The van der Waals surface area contributed by atoms with Crippen molar-refractivity contribution < 1.29 is 23.8 Å². The Morgan fingerprint density at radius 2 is 1.94 bits per heavy atom. The minimum Gasteiger partial charge on any atom is -0.444 e. The molecule has 2 N–H and O–H groups in total. The average molecular weight is 466 g/mol. The van der Waals surface area contributed by atoms with Gasteiger partial charge in [0.15, 0.2) is 25.3 Å². The van der Waals surface area contributed by atoms with Crippen LogP contribution < -0.4 is 5.32 Å². The van der Waals surface area contributed by atoms with Crippen LogP contribution in [-0.2, 0) is 13.9 Å². The zero-order valence-corrected chi connectivity index (χ0v) is 21.2. The molecular weight excluding hydrogens is 430 g/mol. The van der Waals surface area contributed by atoms with Crippen molar-refractivity contribution in [2.75, 3.05) is 11.9 Å². The number of aliphatic hydroxyl groups is 1. The second kappa shape index (κ2) is 8.69. The SMILES string of the molecule is CC(C)(C)OC(=O)Nc1ncnc2c1ncn2[C@H]1C[C@H](O[Si](C)(C)C(C)(C)C)[C@@H](CO)O1. The summed E-state index contributed by atoms with van der Waals surface area (Å²) in [6.45, 7) is 16.1. The van der Waals surface area contributed by atoms with E-state index < -0.39 is 32.3 Å². The molecule has 1 aliphatic rings. The summed E-state index contributed by atoms with van der Waals surface area (Å²) < 4.78 is 19.8. The molecule has 0 aliphatic carbocycles. The van der Waals surface area contributed by atoms with Crippen LogP contribution >= 0.6 is 0 Å². The molecule has 1 saturated heterocycles.